The fourth-order valence-corrected chi connectivity index (χ4v) is 1.63. The molecule has 0 N–H and O–H groups in total. The highest BCUT2D eigenvalue weighted by molar-refractivity contribution is 5.74. The zero-order valence-electron chi connectivity index (χ0n) is 11.1. The predicted octanol–water partition coefficient (Wildman–Crippen LogP) is 3.06. The fraction of sp³-hybridized carbons (Fsp3) is 0.500. The number of hydrogen-bond acceptors (Lipinski definition) is 3. The Morgan fingerprint density at radius 2 is 1.88 bits per heavy atom. The normalized spacial score (nSPS) is 12.4. The number of rotatable bonds is 4. The van der Waals surface area contributed by atoms with Gasteiger partial charge in [0.1, 0.15) is 5.75 Å². The minimum absolute atomic E-state index is 0.357. The molecule has 0 aromatic heterocycles. The molecule has 1 rings (SSSR count). The van der Waals surface area contributed by atoms with Crippen LogP contribution in [0.5, 0.6) is 5.75 Å². The molecular formula is C14H20O3. The quantitative estimate of drug-likeness (QED) is 0.754. The highest BCUT2D eigenvalue weighted by Crippen LogP contribution is 2.28. The molecule has 1 unspecified atom stereocenters. The van der Waals surface area contributed by atoms with Crippen LogP contribution in [0.4, 0.5) is 0 Å². The van der Waals surface area contributed by atoms with Crippen molar-refractivity contribution >= 4 is 5.97 Å². The van der Waals surface area contributed by atoms with Crippen LogP contribution in [0, 0.1) is 6.92 Å². The van der Waals surface area contributed by atoms with Crippen LogP contribution >= 0.6 is 0 Å². The first-order valence-electron chi connectivity index (χ1n) is 5.80. The summed E-state index contributed by atoms with van der Waals surface area (Å²) in [6, 6.07) is 6.04. The largest absolute Gasteiger partial charge is 0.479 e. The average Bonchev–Trinajstić information content (AvgIpc) is 2.27. The van der Waals surface area contributed by atoms with Gasteiger partial charge in [0.2, 0.25) is 0 Å². The van der Waals surface area contributed by atoms with Crippen molar-refractivity contribution in [3.05, 3.63) is 29.3 Å². The van der Waals surface area contributed by atoms with Crippen molar-refractivity contribution < 1.29 is 14.3 Å². The number of hydrogen-bond donors (Lipinski definition) is 0. The molecule has 1 atom stereocenters. The number of carbonyl (C=O) groups is 1. The molecule has 17 heavy (non-hydrogen) atoms. The zero-order chi connectivity index (χ0) is 13.0. The number of ether oxygens (including phenoxy) is 2. The third-order valence-electron chi connectivity index (χ3n) is 2.63. The van der Waals surface area contributed by atoms with Gasteiger partial charge in [0.05, 0.1) is 7.11 Å². The summed E-state index contributed by atoms with van der Waals surface area (Å²) in [6.45, 7) is 7.89. The van der Waals surface area contributed by atoms with E-state index in [1.165, 1.54) is 7.11 Å². The van der Waals surface area contributed by atoms with Crippen molar-refractivity contribution in [1.82, 2.24) is 0 Å². The molecule has 0 aliphatic carbocycles. The number of methoxy groups -OCH3 is 1. The second kappa shape index (κ2) is 5.71. The van der Waals surface area contributed by atoms with E-state index in [-0.39, 0.29) is 5.97 Å². The van der Waals surface area contributed by atoms with Gasteiger partial charge in [-0.1, -0.05) is 26.0 Å². The molecule has 3 nitrogen and oxygen atoms in total. The number of carbonyl (C=O) groups excluding carboxylic acids is 1. The number of aryl methyl sites for hydroxylation is 1. The lowest BCUT2D eigenvalue weighted by Crippen LogP contribution is -2.25. The van der Waals surface area contributed by atoms with Gasteiger partial charge in [-0.3, -0.25) is 0 Å². The summed E-state index contributed by atoms with van der Waals surface area (Å²) >= 11 is 0. The minimum atomic E-state index is -0.584. The Labute approximate surface area is 103 Å². The van der Waals surface area contributed by atoms with Crippen LogP contribution in [0.15, 0.2) is 18.2 Å². The smallest absolute Gasteiger partial charge is 0.346 e. The Hall–Kier alpha value is -1.51. The van der Waals surface area contributed by atoms with Gasteiger partial charge < -0.3 is 9.47 Å². The molecule has 0 aliphatic rings. The van der Waals surface area contributed by atoms with Gasteiger partial charge in [-0.15, -0.1) is 0 Å². The average molecular weight is 236 g/mol. The molecule has 0 saturated carbocycles. The first-order chi connectivity index (χ1) is 7.95. The van der Waals surface area contributed by atoms with Gasteiger partial charge in [-0.05, 0) is 37.0 Å². The summed E-state index contributed by atoms with van der Waals surface area (Å²) in [5, 5.41) is 0. The van der Waals surface area contributed by atoms with Crippen molar-refractivity contribution in [1.29, 1.82) is 0 Å². The van der Waals surface area contributed by atoms with Crippen LogP contribution < -0.4 is 4.74 Å². The minimum Gasteiger partial charge on any atom is -0.479 e. The first-order valence-corrected chi connectivity index (χ1v) is 5.80. The molecule has 0 bridgehead atoms. The fourth-order valence-electron chi connectivity index (χ4n) is 1.63. The van der Waals surface area contributed by atoms with Gasteiger partial charge in [0, 0.05) is 0 Å². The van der Waals surface area contributed by atoms with E-state index in [1.54, 1.807) is 6.92 Å². The third kappa shape index (κ3) is 3.48. The molecular weight excluding hydrogens is 216 g/mol. The summed E-state index contributed by atoms with van der Waals surface area (Å²) in [6.07, 6.45) is -0.584. The summed E-state index contributed by atoms with van der Waals surface area (Å²) in [7, 11) is 1.36. The summed E-state index contributed by atoms with van der Waals surface area (Å²) in [5.74, 6) is 0.759. The molecule has 94 valence electrons. The van der Waals surface area contributed by atoms with E-state index in [1.807, 2.05) is 25.1 Å². The Morgan fingerprint density at radius 3 is 2.41 bits per heavy atom. The van der Waals surface area contributed by atoms with E-state index in [0.717, 1.165) is 16.9 Å². The lowest BCUT2D eigenvalue weighted by Gasteiger charge is -2.18. The van der Waals surface area contributed by atoms with Crippen LogP contribution in [0.1, 0.15) is 37.8 Å². The van der Waals surface area contributed by atoms with Crippen molar-refractivity contribution in [3.63, 3.8) is 0 Å². The van der Waals surface area contributed by atoms with E-state index in [0.29, 0.717) is 5.92 Å². The highest BCUT2D eigenvalue weighted by atomic mass is 16.6. The molecule has 0 fully saturated rings. The molecule has 1 aromatic carbocycles. The van der Waals surface area contributed by atoms with Crippen molar-refractivity contribution in [2.75, 3.05) is 7.11 Å². The van der Waals surface area contributed by atoms with Crippen molar-refractivity contribution in [2.45, 2.75) is 39.7 Å². The summed E-state index contributed by atoms with van der Waals surface area (Å²) < 4.78 is 10.3. The number of benzene rings is 1. The third-order valence-corrected chi connectivity index (χ3v) is 2.63. The summed E-state index contributed by atoms with van der Waals surface area (Å²) in [5.41, 5.74) is 2.22. The van der Waals surface area contributed by atoms with Gasteiger partial charge in [0.15, 0.2) is 6.10 Å². The monoisotopic (exact) mass is 236 g/mol. The maximum Gasteiger partial charge on any atom is 0.346 e. The lowest BCUT2D eigenvalue weighted by molar-refractivity contribution is -0.147. The second-order valence-corrected chi connectivity index (χ2v) is 4.48. The van der Waals surface area contributed by atoms with E-state index in [4.69, 9.17) is 4.74 Å². The summed E-state index contributed by atoms with van der Waals surface area (Å²) in [4.78, 5) is 11.3. The van der Waals surface area contributed by atoms with E-state index < -0.39 is 6.10 Å². The van der Waals surface area contributed by atoms with Crippen LogP contribution in [-0.4, -0.2) is 19.2 Å². The molecule has 0 spiro atoms. The SMILES string of the molecule is COC(=O)C(C)Oc1cc(C)ccc1C(C)C. The molecule has 0 radical (unpaired) electrons. The Morgan fingerprint density at radius 1 is 1.24 bits per heavy atom. The van der Waals surface area contributed by atoms with Crippen molar-refractivity contribution in [3.8, 4) is 5.75 Å². The van der Waals surface area contributed by atoms with Gasteiger partial charge in [-0.2, -0.15) is 0 Å². The number of esters is 1. The standard InChI is InChI=1S/C14H20O3/c1-9(2)12-7-6-10(3)8-13(12)17-11(4)14(15)16-5/h6-9,11H,1-5H3. The van der Waals surface area contributed by atoms with Gasteiger partial charge in [-0.25, -0.2) is 4.79 Å². The molecule has 1 aromatic rings. The molecule has 0 aliphatic heterocycles. The maximum atomic E-state index is 11.3. The molecule has 3 heteroatoms. The molecule has 0 heterocycles. The molecule has 0 amide bonds. The van der Waals surface area contributed by atoms with Crippen molar-refractivity contribution in [2.24, 2.45) is 0 Å². The molecule has 0 saturated heterocycles. The van der Waals surface area contributed by atoms with E-state index >= 15 is 0 Å². The Balaban J connectivity index is 2.96. The Bertz CT molecular complexity index is 396. The van der Waals surface area contributed by atoms with Gasteiger partial charge >= 0.3 is 5.97 Å². The van der Waals surface area contributed by atoms with E-state index in [9.17, 15) is 4.79 Å². The topological polar surface area (TPSA) is 35.5 Å². The Kier molecular flexibility index (Phi) is 4.55. The lowest BCUT2D eigenvalue weighted by atomic mass is 10.0. The highest BCUT2D eigenvalue weighted by Gasteiger charge is 2.17. The predicted molar refractivity (Wildman–Crippen MR) is 67.4 cm³/mol. The van der Waals surface area contributed by atoms with Gasteiger partial charge in [0.25, 0.3) is 0 Å². The van der Waals surface area contributed by atoms with E-state index in [2.05, 4.69) is 18.6 Å². The van der Waals surface area contributed by atoms with Crippen LogP contribution in [0.25, 0.3) is 0 Å². The maximum absolute atomic E-state index is 11.3. The second-order valence-electron chi connectivity index (χ2n) is 4.48. The zero-order valence-corrected chi connectivity index (χ0v) is 11.1. The first kappa shape index (κ1) is 13.6. The van der Waals surface area contributed by atoms with Crippen LogP contribution in [0.2, 0.25) is 0 Å². The van der Waals surface area contributed by atoms with Crippen LogP contribution in [-0.2, 0) is 9.53 Å². The van der Waals surface area contributed by atoms with Crippen LogP contribution in [0.3, 0.4) is 0 Å².